The topological polar surface area (TPSA) is 61.5 Å². The highest BCUT2D eigenvalue weighted by Crippen LogP contribution is 2.34. The van der Waals surface area contributed by atoms with E-state index in [0.717, 1.165) is 16.9 Å². The molecule has 4 nitrogen and oxygen atoms in total. The van der Waals surface area contributed by atoms with E-state index in [9.17, 15) is 4.79 Å². The second-order valence-corrected chi connectivity index (χ2v) is 6.57. The number of hydrogen-bond donors (Lipinski definition) is 1. The fourth-order valence-corrected chi connectivity index (χ4v) is 2.16. The first-order valence-electron chi connectivity index (χ1n) is 7.93. The lowest BCUT2D eigenvalue weighted by Crippen LogP contribution is -2.37. The number of hydrogen-bond acceptors (Lipinski definition) is 4. The number of rotatable bonds is 7. The maximum Gasteiger partial charge on any atom is 0.326 e. The summed E-state index contributed by atoms with van der Waals surface area (Å²) in [5.74, 6) is 1.10. The lowest BCUT2D eigenvalue weighted by atomic mass is 9.94. The second-order valence-electron chi connectivity index (χ2n) is 6.57. The summed E-state index contributed by atoms with van der Waals surface area (Å²) < 4.78 is 10.9. The Balaban J connectivity index is 0.00000484. The van der Waals surface area contributed by atoms with Gasteiger partial charge in [-0.05, 0) is 28.9 Å². The first kappa shape index (κ1) is 21.7. The van der Waals surface area contributed by atoms with Crippen molar-refractivity contribution in [3.63, 3.8) is 0 Å². The van der Waals surface area contributed by atoms with Crippen LogP contribution in [0.3, 0.4) is 0 Å². The molecule has 1 atom stereocenters. The smallest absolute Gasteiger partial charge is 0.326 e. The Bertz CT molecular complexity index is 475. The third-order valence-corrected chi connectivity index (χ3v) is 3.71. The highest BCUT2D eigenvalue weighted by Gasteiger charge is 2.20. The monoisotopic (exact) mass is 343 g/mol. The van der Waals surface area contributed by atoms with E-state index < -0.39 is 12.0 Å². The average molecular weight is 344 g/mol. The number of esters is 1. The number of ether oxygens (including phenoxy) is 2. The molecule has 0 aliphatic carbocycles. The van der Waals surface area contributed by atoms with Crippen LogP contribution >= 0.6 is 12.4 Å². The van der Waals surface area contributed by atoms with Crippen LogP contribution in [0.25, 0.3) is 0 Å². The minimum Gasteiger partial charge on any atom is -0.457 e. The molecule has 23 heavy (non-hydrogen) atoms. The van der Waals surface area contributed by atoms with Gasteiger partial charge >= 0.3 is 5.97 Å². The van der Waals surface area contributed by atoms with Gasteiger partial charge in [-0.25, -0.2) is 0 Å². The van der Waals surface area contributed by atoms with E-state index in [0.29, 0.717) is 11.8 Å². The molecule has 5 heteroatoms. The first-order chi connectivity index (χ1) is 10.3. The maximum absolute atomic E-state index is 11.8. The van der Waals surface area contributed by atoms with Crippen molar-refractivity contribution >= 4 is 18.4 Å². The van der Waals surface area contributed by atoms with Gasteiger partial charge in [0.2, 0.25) is 6.79 Å². The summed E-state index contributed by atoms with van der Waals surface area (Å²) in [6.45, 7) is 12.1. The molecule has 0 saturated carbocycles. The van der Waals surface area contributed by atoms with Crippen molar-refractivity contribution in [2.75, 3.05) is 6.79 Å². The molecule has 0 saturated heterocycles. The number of halogens is 1. The lowest BCUT2D eigenvalue weighted by molar-refractivity contribution is -0.152. The highest BCUT2D eigenvalue weighted by atomic mass is 35.5. The molecular weight excluding hydrogens is 314 g/mol. The molecule has 0 aliphatic rings. The molecule has 0 amide bonds. The van der Waals surface area contributed by atoms with Gasteiger partial charge in [0.1, 0.15) is 11.8 Å². The molecular formula is C18H30ClNO3. The van der Waals surface area contributed by atoms with E-state index in [1.165, 1.54) is 0 Å². The van der Waals surface area contributed by atoms with Crippen LogP contribution in [0, 0.1) is 5.92 Å². The summed E-state index contributed by atoms with van der Waals surface area (Å²) in [6, 6.07) is 5.52. The Morgan fingerprint density at radius 3 is 1.91 bits per heavy atom. The van der Waals surface area contributed by atoms with Crippen LogP contribution in [0.1, 0.15) is 64.5 Å². The molecule has 0 aromatic heterocycles. The van der Waals surface area contributed by atoms with Crippen molar-refractivity contribution < 1.29 is 14.3 Å². The predicted molar refractivity (Wildman–Crippen MR) is 96.3 cm³/mol. The zero-order chi connectivity index (χ0) is 16.9. The number of para-hydroxylation sites is 1. The molecule has 1 aromatic rings. The van der Waals surface area contributed by atoms with E-state index >= 15 is 0 Å². The Hall–Kier alpha value is -1.26. The van der Waals surface area contributed by atoms with Crippen molar-refractivity contribution in [2.45, 2.75) is 59.4 Å². The van der Waals surface area contributed by atoms with Crippen molar-refractivity contribution in [1.29, 1.82) is 0 Å². The Kier molecular flexibility index (Phi) is 9.25. The van der Waals surface area contributed by atoms with Crippen molar-refractivity contribution in [1.82, 2.24) is 0 Å². The molecule has 0 aliphatic heterocycles. The van der Waals surface area contributed by atoms with Crippen LogP contribution in [-0.2, 0) is 9.53 Å². The van der Waals surface area contributed by atoms with Crippen LogP contribution in [0.15, 0.2) is 18.2 Å². The van der Waals surface area contributed by atoms with Crippen molar-refractivity contribution in [3.8, 4) is 5.75 Å². The third kappa shape index (κ3) is 6.04. The van der Waals surface area contributed by atoms with Crippen molar-refractivity contribution in [2.24, 2.45) is 11.7 Å². The Labute approximate surface area is 146 Å². The number of carbonyl (C=O) groups excluding carboxylic acids is 1. The normalized spacial score (nSPS) is 12.3. The van der Waals surface area contributed by atoms with E-state index in [4.69, 9.17) is 15.2 Å². The van der Waals surface area contributed by atoms with Crippen LogP contribution in [0.4, 0.5) is 0 Å². The Morgan fingerprint density at radius 2 is 1.52 bits per heavy atom. The van der Waals surface area contributed by atoms with Gasteiger partial charge in [0.25, 0.3) is 0 Å². The van der Waals surface area contributed by atoms with Gasteiger partial charge in [-0.15, -0.1) is 12.4 Å². The minimum atomic E-state index is -0.617. The molecule has 0 heterocycles. The molecule has 1 aromatic carbocycles. The van der Waals surface area contributed by atoms with Gasteiger partial charge < -0.3 is 15.2 Å². The molecule has 0 unspecified atom stereocenters. The summed E-state index contributed by atoms with van der Waals surface area (Å²) >= 11 is 0. The average Bonchev–Trinajstić information content (AvgIpc) is 2.45. The molecule has 2 N–H and O–H groups in total. The van der Waals surface area contributed by atoms with Crippen LogP contribution < -0.4 is 10.5 Å². The van der Waals surface area contributed by atoms with Crippen LogP contribution in [0.2, 0.25) is 0 Å². The van der Waals surface area contributed by atoms with Gasteiger partial charge in [-0.3, -0.25) is 4.79 Å². The number of benzene rings is 1. The van der Waals surface area contributed by atoms with E-state index in [2.05, 4.69) is 27.7 Å². The van der Waals surface area contributed by atoms with Gasteiger partial charge in [0.15, 0.2) is 0 Å². The van der Waals surface area contributed by atoms with E-state index in [1.807, 2.05) is 32.0 Å². The summed E-state index contributed by atoms with van der Waals surface area (Å²) in [6.07, 6.45) is 0. The molecule has 132 valence electrons. The lowest BCUT2D eigenvalue weighted by Gasteiger charge is -2.20. The Morgan fingerprint density at radius 1 is 1.04 bits per heavy atom. The summed E-state index contributed by atoms with van der Waals surface area (Å²) in [5, 5.41) is 0. The van der Waals surface area contributed by atoms with Crippen LogP contribution in [0.5, 0.6) is 5.75 Å². The molecule has 0 radical (unpaired) electrons. The highest BCUT2D eigenvalue weighted by molar-refractivity contribution is 5.85. The fraction of sp³-hybridized carbons (Fsp3) is 0.611. The number of carbonyl (C=O) groups is 1. The minimum absolute atomic E-state index is 0. The largest absolute Gasteiger partial charge is 0.457 e. The summed E-state index contributed by atoms with van der Waals surface area (Å²) in [7, 11) is 0. The SMILES string of the molecule is CC(C)c1cccc(C(C)C)c1OCOC(=O)[C@@H](N)C(C)C.Cl. The zero-order valence-corrected chi connectivity index (χ0v) is 15.8. The van der Waals surface area contributed by atoms with Gasteiger partial charge in [-0.1, -0.05) is 59.7 Å². The quantitative estimate of drug-likeness (QED) is 0.594. The van der Waals surface area contributed by atoms with E-state index in [-0.39, 0.29) is 25.1 Å². The second kappa shape index (κ2) is 9.78. The van der Waals surface area contributed by atoms with Crippen molar-refractivity contribution in [3.05, 3.63) is 29.3 Å². The van der Waals surface area contributed by atoms with Gasteiger partial charge in [0.05, 0.1) is 0 Å². The standard InChI is InChI=1S/C18H29NO3.ClH/c1-11(2)14-8-7-9-15(12(3)4)17(14)21-10-22-18(20)16(19)13(5)6;/h7-9,11-13,16H,10,19H2,1-6H3;1H/t16-;/m0./s1. The summed E-state index contributed by atoms with van der Waals surface area (Å²) in [4.78, 5) is 11.8. The molecule has 0 fully saturated rings. The van der Waals surface area contributed by atoms with Crippen LogP contribution in [-0.4, -0.2) is 18.8 Å². The van der Waals surface area contributed by atoms with Gasteiger partial charge in [-0.2, -0.15) is 0 Å². The third-order valence-electron chi connectivity index (χ3n) is 3.71. The maximum atomic E-state index is 11.8. The van der Waals surface area contributed by atoms with E-state index in [1.54, 1.807) is 0 Å². The molecule has 0 bridgehead atoms. The predicted octanol–water partition coefficient (Wildman–Crippen LogP) is 4.22. The summed E-state index contributed by atoms with van der Waals surface area (Å²) in [5.41, 5.74) is 8.01. The molecule has 0 spiro atoms. The zero-order valence-electron chi connectivity index (χ0n) is 15.0. The fourth-order valence-electron chi connectivity index (χ4n) is 2.16. The molecule has 1 rings (SSSR count). The number of nitrogens with two attached hydrogens (primary N) is 1. The van der Waals surface area contributed by atoms with Gasteiger partial charge in [0, 0.05) is 0 Å². The first-order valence-corrected chi connectivity index (χ1v) is 7.93.